The summed E-state index contributed by atoms with van der Waals surface area (Å²) in [5.41, 5.74) is 2.13. The van der Waals surface area contributed by atoms with Crippen LogP contribution in [0.1, 0.15) is 16.1 Å². The highest BCUT2D eigenvalue weighted by molar-refractivity contribution is 6.03. The molecule has 0 unspecified atom stereocenters. The summed E-state index contributed by atoms with van der Waals surface area (Å²) in [5.74, 6) is -0.512. The zero-order chi connectivity index (χ0) is 16.4. The molecule has 1 N–H and O–H groups in total. The molecular weight excluding hydrogens is 294 g/mol. The Bertz CT molecular complexity index is 899. The van der Waals surface area contributed by atoms with E-state index in [4.69, 9.17) is 4.74 Å². The third-order valence-corrected chi connectivity index (χ3v) is 3.54. The molecule has 0 saturated heterocycles. The fraction of sp³-hybridized carbons (Fsp3) is 0.118. The lowest BCUT2D eigenvalue weighted by molar-refractivity contribution is 0.0602. The van der Waals surface area contributed by atoms with E-state index in [2.05, 4.69) is 10.4 Å². The number of nitrogens with zero attached hydrogens (tertiary/aromatic N) is 2. The van der Waals surface area contributed by atoms with Crippen molar-refractivity contribution in [2.24, 2.45) is 0 Å². The van der Waals surface area contributed by atoms with Crippen molar-refractivity contribution in [2.75, 3.05) is 12.4 Å². The highest BCUT2D eigenvalue weighted by Crippen LogP contribution is 2.20. The van der Waals surface area contributed by atoms with E-state index in [1.54, 1.807) is 24.3 Å². The van der Waals surface area contributed by atoms with Gasteiger partial charge < -0.3 is 10.1 Å². The minimum atomic E-state index is -0.512. The Morgan fingerprint density at radius 2 is 1.78 bits per heavy atom. The number of aromatic nitrogens is 2. The minimum Gasteiger partial charge on any atom is -0.465 e. The van der Waals surface area contributed by atoms with Gasteiger partial charge in [-0.25, -0.2) is 9.59 Å². The van der Waals surface area contributed by atoms with Crippen molar-refractivity contribution >= 4 is 28.6 Å². The number of para-hydroxylation sites is 2. The van der Waals surface area contributed by atoms with Gasteiger partial charge in [0, 0.05) is 5.39 Å². The lowest BCUT2D eigenvalue weighted by Crippen LogP contribution is -2.22. The van der Waals surface area contributed by atoms with Crippen LogP contribution in [0.25, 0.3) is 10.9 Å². The number of methoxy groups -OCH3 is 1. The van der Waals surface area contributed by atoms with Gasteiger partial charge in [-0.15, -0.1) is 0 Å². The Hall–Kier alpha value is -3.15. The number of fused-ring (bicyclic) bond motifs is 1. The third kappa shape index (κ3) is 2.66. The summed E-state index contributed by atoms with van der Waals surface area (Å²) in [6.45, 7) is 1.84. The molecule has 0 fully saturated rings. The lowest BCUT2D eigenvalue weighted by atomic mass is 10.2. The van der Waals surface area contributed by atoms with Crippen molar-refractivity contribution in [3.8, 4) is 0 Å². The number of ether oxygens (including phenoxy) is 1. The molecule has 0 aliphatic rings. The predicted molar refractivity (Wildman–Crippen MR) is 86.7 cm³/mol. The molecule has 0 atom stereocenters. The first-order valence-electron chi connectivity index (χ1n) is 7.05. The third-order valence-electron chi connectivity index (χ3n) is 3.54. The van der Waals surface area contributed by atoms with E-state index < -0.39 is 12.0 Å². The molecule has 0 radical (unpaired) electrons. The van der Waals surface area contributed by atoms with Gasteiger partial charge in [-0.3, -0.25) is 0 Å². The van der Waals surface area contributed by atoms with Gasteiger partial charge >= 0.3 is 12.0 Å². The van der Waals surface area contributed by atoms with Crippen LogP contribution in [0.15, 0.2) is 48.5 Å². The smallest absolute Gasteiger partial charge is 0.347 e. The first kappa shape index (κ1) is 14.8. The van der Waals surface area contributed by atoms with E-state index in [1.807, 2.05) is 31.2 Å². The topological polar surface area (TPSA) is 73.2 Å². The Balaban J connectivity index is 1.98. The number of amides is 1. The average Bonchev–Trinajstić information content (AvgIpc) is 2.92. The molecule has 3 aromatic rings. The van der Waals surface area contributed by atoms with E-state index in [9.17, 15) is 9.59 Å². The molecule has 116 valence electrons. The second-order valence-electron chi connectivity index (χ2n) is 4.98. The summed E-state index contributed by atoms with van der Waals surface area (Å²) in [4.78, 5) is 24.3. The Labute approximate surface area is 132 Å². The minimum absolute atomic E-state index is 0.288. The van der Waals surface area contributed by atoms with Crippen molar-refractivity contribution in [3.63, 3.8) is 0 Å². The number of esters is 1. The van der Waals surface area contributed by atoms with Gasteiger partial charge in [0.15, 0.2) is 0 Å². The van der Waals surface area contributed by atoms with Crippen molar-refractivity contribution in [3.05, 3.63) is 59.8 Å². The molecule has 2 aromatic carbocycles. The number of hydrogen-bond donors (Lipinski definition) is 1. The molecule has 0 bridgehead atoms. The highest BCUT2D eigenvalue weighted by atomic mass is 16.5. The summed E-state index contributed by atoms with van der Waals surface area (Å²) < 4.78 is 6.02. The molecule has 0 spiro atoms. The van der Waals surface area contributed by atoms with Gasteiger partial charge in [0.05, 0.1) is 29.6 Å². The maximum absolute atomic E-state index is 12.5. The van der Waals surface area contributed by atoms with Crippen LogP contribution in [0, 0.1) is 6.92 Å². The molecule has 6 nitrogen and oxygen atoms in total. The van der Waals surface area contributed by atoms with Crippen LogP contribution in [0.3, 0.4) is 0 Å². The van der Waals surface area contributed by atoms with E-state index in [-0.39, 0.29) is 5.56 Å². The van der Waals surface area contributed by atoms with E-state index >= 15 is 0 Å². The second kappa shape index (κ2) is 5.92. The number of aryl methyl sites for hydroxylation is 1. The van der Waals surface area contributed by atoms with Crippen LogP contribution in [-0.2, 0) is 4.74 Å². The maximum Gasteiger partial charge on any atom is 0.347 e. The zero-order valence-electron chi connectivity index (χ0n) is 12.7. The fourth-order valence-corrected chi connectivity index (χ4v) is 2.43. The first-order chi connectivity index (χ1) is 11.1. The molecule has 6 heteroatoms. The average molecular weight is 309 g/mol. The molecule has 3 rings (SSSR count). The monoisotopic (exact) mass is 309 g/mol. The van der Waals surface area contributed by atoms with Crippen LogP contribution in [-0.4, -0.2) is 28.9 Å². The summed E-state index contributed by atoms with van der Waals surface area (Å²) in [7, 11) is 1.30. The maximum atomic E-state index is 12.5. The molecular formula is C17H15N3O3. The summed E-state index contributed by atoms with van der Waals surface area (Å²) >= 11 is 0. The Kier molecular flexibility index (Phi) is 3.80. The first-order valence-corrected chi connectivity index (χ1v) is 7.05. The van der Waals surface area contributed by atoms with Gasteiger partial charge in [-0.05, 0) is 25.1 Å². The summed E-state index contributed by atoms with van der Waals surface area (Å²) in [6, 6.07) is 13.7. The summed E-state index contributed by atoms with van der Waals surface area (Å²) in [6.07, 6.45) is 0. The van der Waals surface area contributed by atoms with Gasteiger partial charge in [0.2, 0.25) is 0 Å². The standard InChI is InChI=1S/C17H15N3O3/c1-11-12-7-4-6-10-15(12)20(19-11)17(22)18-14-9-5-3-8-13(14)16(21)23-2/h3-10H,1-2H3,(H,18,22). The van der Waals surface area contributed by atoms with Crippen LogP contribution in [0.5, 0.6) is 0 Å². The van der Waals surface area contributed by atoms with E-state index in [1.165, 1.54) is 11.8 Å². The predicted octanol–water partition coefficient (Wildman–Crippen LogP) is 3.21. The molecule has 1 heterocycles. The van der Waals surface area contributed by atoms with Crippen molar-refractivity contribution < 1.29 is 14.3 Å². The molecule has 1 aromatic heterocycles. The number of nitrogens with one attached hydrogen (secondary N) is 1. The molecule has 1 amide bonds. The normalized spacial score (nSPS) is 10.5. The van der Waals surface area contributed by atoms with Crippen LogP contribution in [0.2, 0.25) is 0 Å². The number of carbonyl (C=O) groups is 2. The van der Waals surface area contributed by atoms with Crippen molar-refractivity contribution in [1.82, 2.24) is 9.78 Å². The van der Waals surface area contributed by atoms with E-state index in [0.29, 0.717) is 11.2 Å². The lowest BCUT2D eigenvalue weighted by Gasteiger charge is -2.09. The van der Waals surface area contributed by atoms with Gasteiger partial charge in [0.1, 0.15) is 0 Å². The Morgan fingerprint density at radius 1 is 1.09 bits per heavy atom. The zero-order valence-corrected chi connectivity index (χ0v) is 12.7. The fourth-order valence-electron chi connectivity index (χ4n) is 2.43. The molecule has 23 heavy (non-hydrogen) atoms. The highest BCUT2D eigenvalue weighted by Gasteiger charge is 2.17. The summed E-state index contributed by atoms with van der Waals surface area (Å²) in [5, 5.41) is 7.88. The quantitative estimate of drug-likeness (QED) is 0.738. The van der Waals surface area contributed by atoms with Crippen LogP contribution in [0.4, 0.5) is 10.5 Å². The van der Waals surface area contributed by atoms with Crippen LogP contribution >= 0.6 is 0 Å². The van der Waals surface area contributed by atoms with Gasteiger partial charge in [-0.2, -0.15) is 9.78 Å². The van der Waals surface area contributed by atoms with Gasteiger partial charge in [0.25, 0.3) is 0 Å². The Morgan fingerprint density at radius 3 is 2.57 bits per heavy atom. The van der Waals surface area contributed by atoms with Gasteiger partial charge in [-0.1, -0.05) is 30.3 Å². The number of carbonyl (C=O) groups excluding carboxylic acids is 2. The largest absolute Gasteiger partial charge is 0.465 e. The van der Waals surface area contributed by atoms with E-state index in [0.717, 1.165) is 11.1 Å². The van der Waals surface area contributed by atoms with Crippen LogP contribution < -0.4 is 5.32 Å². The second-order valence-corrected chi connectivity index (χ2v) is 4.98. The number of hydrogen-bond acceptors (Lipinski definition) is 4. The van der Waals surface area contributed by atoms with Crippen molar-refractivity contribution in [2.45, 2.75) is 6.92 Å². The number of rotatable bonds is 2. The SMILES string of the molecule is COC(=O)c1ccccc1NC(=O)n1nc(C)c2ccccc21. The number of benzene rings is 2. The molecule has 0 saturated carbocycles. The molecule has 0 aliphatic heterocycles. The number of anilines is 1. The van der Waals surface area contributed by atoms with Crippen molar-refractivity contribution in [1.29, 1.82) is 0 Å². The molecule has 0 aliphatic carbocycles.